The Bertz CT molecular complexity index is 709. The Kier molecular flexibility index (Phi) is 3.56. The second kappa shape index (κ2) is 5.52. The van der Waals surface area contributed by atoms with E-state index in [9.17, 15) is 9.59 Å². The standard InChI is InChI=1S/C16H17N3O2/c1-11(12-5-3-2-4-6-12)16(21)19-8-7-13-14(9-19)17-10-18-15(13)20/h2-6,10-11H,7-9H2,1H3,(H,17,18,20)/t11-/m1/s1. The number of nitrogens with zero attached hydrogens (tertiary/aromatic N) is 2. The van der Waals surface area contributed by atoms with Gasteiger partial charge in [0, 0.05) is 12.1 Å². The van der Waals surface area contributed by atoms with E-state index in [1.54, 1.807) is 4.90 Å². The van der Waals surface area contributed by atoms with E-state index in [4.69, 9.17) is 0 Å². The normalized spacial score (nSPS) is 15.4. The molecule has 1 aliphatic heterocycles. The van der Waals surface area contributed by atoms with Crippen LogP contribution in [0, 0.1) is 0 Å². The van der Waals surface area contributed by atoms with Gasteiger partial charge in [-0.3, -0.25) is 9.59 Å². The fourth-order valence-corrected chi connectivity index (χ4v) is 2.71. The van der Waals surface area contributed by atoms with E-state index in [0.29, 0.717) is 30.8 Å². The lowest BCUT2D eigenvalue weighted by molar-refractivity contribution is -0.133. The molecule has 0 bridgehead atoms. The van der Waals surface area contributed by atoms with Crippen molar-refractivity contribution in [1.29, 1.82) is 0 Å². The highest BCUT2D eigenvalue weighted by Gasteiger charge is 2.27. The van der Waals surface area contributed by atoms with E-state index in [0.717, 1.165) is 5.56 Å². The lowest BCUT2D eigenvalue weighted by Crippen LogP contribution is -2.40. The monoisotopic (exact) mass is 283 g/mol. The summed E-state index contributed by atoms with van der Waals surface area (Å²) in [7, 11) is 0. The number of rotatable bonds is 2. The van der Waals surface area contributed by atoms with Crippen molar-refractivity contribution in [1.82, 2.24) is 14.9 Å². The number of nitrogens with one attached hydrogen (secondary N) is 1. The van der Waals surface area contributed by atoms with Gasteiger partial charge in [-0.1, -0.05) is 30.3 Å². The predicted octanol–water partition coefficient (Wildman–Crippen LogP) is 1.46. The zero-order valence-electron chi connectivity index (χ0n) is 11.9. The number of aromatic nitrogens is 2. The topological polar surface area (TPSA) is 66.1 Å². The molecule has 0 aliphatic carbocycles. The summed E-state index contributed by atoms with van der Waals surface area (Å²) >= 11 is 0. The molecule has 1 aliphatic rings. The summed E-state index contributed by atoms with van der Waals surface area (Å²) in [4.78, 5) is 32.9. The molecule has 0 unspecified atom stereocenters. The lowest BCUT2D eigenvalue weighted by atomic mass is 9.98. The summed E-state index contributed by atoms with van der Waals surface area (Å²) in [6, 6.07) is 9.73. The van der Waals surface area contributed by atoms with Crippen LogP contribution in [0.1, 0.15) is 29.7 Å². The number of carbonyl (C=O) groups excluding carboxylic acids is 1. The molecule has 0 fully saturated rings. The highest BCUT2D eigenvalue weighted by atomic mass is 16.2. The van der Waals surface area contributed by atoms with Gasteiger partial charge in [0.1, 0.15) is 0 Å². The van der Waals surface area contributed by atoms with Gasteiger partial charge in [0.15, 0.2) is 0 Å². The first-order chi connectivity index (χ1) is 10.2. The molecule has 1 amide bonds. The number of aromatic amines is 1. The van der Waals surface area contributed by atoms with Crippen molar-refractivity contribution in [2.24, 2.45) is 0 Å². The van der Waals surface area contributed by atoms with Gasteiger partial charge in [-0.25, -0.2) is 4.98 Å². The van der Waals surface area contributed by atoms with E-state index in [2.05, 4.69) is 9.97 Å². The molecule has 21 heavy (non-hydrogen) atoms. The molecule has 0 spiro atoms. The number of carbonyl (C=O) groups is 1. The minimum atomic E-state index is -0.185. The maximum absolute atomic E-state index is 12.6. The van der Waals surface area contributed by atoms with E-state index in [1.165, 1.54) is 6.33 Å². The van der Waals surface area contributed by atoms with Crippen molar-refractivity contribution in [3.8, 4) is 0 Å². The van der Waals surface area contributed by atoms with Gasteiger partial charge in [0.25, 0.3) is 5.56 Å². The molecule has 0 saturated carbocycles. The van der Waals surface area contributed by atoms with Gasteiger partial charge in [-0.05, 0) is 18.9 Å². The quantitative estimate of drug-likeness (QED) is 0.907. The maximum atomic E-state index is 12.6. The Labute approximate surface area is 122 Å². The molecule has 1 atom stereocenters. The molecule has 2 heterocycles. The first kappa shape index (κ1) is 13.5. The van der Waals surface area contributed by atoms with E-state index < -0.39 is 0 Å². The summed E-state index contributed by atoms with van der Waals surface area (Å²) < 4.78 is 0. The second-order valence-electron chi connectivity index (χ2n) is 5.30. The Morgan fingerprint density at radius 3 is 2.86 bits per heavy atom. The summed E-state index contributed by atoms with van der Waals surface area (Å²) in [5, 5.41) is 0. The van der Waals surface area contributed by atoms with E-state index >= 15 is 0 Å². The Balaban J connectivity index is 1.80. The highest BCUT2D eigenvalue weighted by Crippen LogP contribution is 2.21. The van der Waals surface area contributed by atoms with Crippen molar-refractivity contribution in [2.75, 3.05) is 6.54 Å². The molecular weight excluding hydrogens is 266 g/mol. The van der Waals surface area contributed by atoms with Crippen LogP contribution in [0.4, 0.5) is 0 Å². The van der Waals surface area contributed by atoms with Gasteiger partial charge in [0.2, 0.25) is 5.91 Å². The Morgan fingerprint density at radius 1 is 1.33 bits per heavy atom. The van der Waals surface area contributed by atoms with Crippen LogP contribution >= 0.6 is 0 Å². The average molecular weight is 283 g/mol. The van der Waals surface area contributed by atoms with Crippen LogP contribution in [0.15, 0.2) is 41.5 Å². The first-order valence-corrected chi connectivity index (χ1v) is 7.06. The number of H-pyrrole nitrogens is 1. The number of amides is 1. The van der Waals surface area contributed by atoms with Crippen molar-refractivity contribution < 1.29 is 4.79 Å². The van der Waals surface area contributed by atoms with Crippen molar-refractivity contribution in [3.63, 3.8) is 0 Å². The predicted molar refractivity (Wildman–Crippen MR) is 78.8 cm³/mol. The molecular formula is C16H17N3O2. The second-order valence-corrected chi connectivity index (χ2v) is 5.30. The molecule has 3 rings (SSSR count). The van der Waals surface area contributed by atoms with Crippen molar-refractivity contribution >= 4 is 5.91 Å². The van der Waals surface area contributed by atoms with E-state index in [1.807, 2.05) is 37.3 Å². The van der Waals surface area contributed by atoms with Crippen LogP contribution in [0.5, 0.6) is 0 Å². The molecule has 108 valence electrons. The molecule has 1 aromatic heterocycles. The lowest BCUT2D eigenvalue weighted by Gasteiger charge is -2.29. The van der Waals surface area contributed by atoms with Crippen LogP contribution in [0.3, 0.4) is 0 Å². The summed E-state index contributed by atoms with van der Waals surface area (Å²) in [6.45, 7) is 2.89. The van der Waals surface area contributed by atoms with Crippen LogP contribution in [0.25, 0.3) is 0 Å². The SMILES string of the molecule is C[C@@H](C(=O)N1CCc2c(nc[nH]c2=O)C1)c1ccccc1. The molecule has 0 radical (unpaired) electrons. The van der Waals surface area contributed by atoms with Gasteiger partial charge >= 0.3 is 0 Å². The van der Waals surface area contributed by atoms with Gasteiger partial charge in [0.05, 0.1) is 24.5 Å². The van der Waals surface area contributed by atoms with Crippen LogP contribution in [0.2, 0.25) is 0 Å². The molecule has 2 aromatic rings. The first-order valence-electron chi connectivity index (χ1n) is 7.06. The zero-order chi connectivity index (χ0) is 14.8. The summed E-state index contributed by atoms with van der Waals surface area (Å²) in [6.07, 6.45) is 1.96. The number of fused-ring (bicyclic) bond motifs is 1. The minimum absolute atomic E-state index is 0.0777. The Hall–Kier alpha value is -2.43. The fraction of sp³-hybridized carbons (Fsp3) is 0.312. The van der Waals surface area contributed by atoms with Crippen LogP contribution in [-0.2, 0) is 17.8 Å². The average Bonchev–Trinajstić information content (AvgIpc) is 2.54. The molecule has 0 saturated heterocycles. The third-order valence-corrected chi connectivity index (χ3v) is 3.99. The molecule has 5 nitrogen and oxygen atoms in total. The summed E-state index contributed by atoms with van der Waals surface area (Å²) in [5.41, 5.74) is 2.32. The summed E-state index contributed by atoms with van der Waals surface area (Å²) in [5.74, 6) is -0.108. The third-order valence-electron chi connectivity index (χ3n) is 3.99. The molecule has 1 aromatic carbocycles. The van der Waals surface area contributed by atoms with Crippen LogP contribution in [-0.4, -0.2) is 27.3 Å². The molecule has 1 N–H and O–H groups in total. The zero-order valence-corrected chi connectivity index (χ0v) is 11.9. The number of hydrogen-bond donors (Lipinski definition) is 1. The van der Waals surface area contributed by atoms with Gasteiger partial charge in [-0.2, -0.15) is 0 Å². The van der Waals surface area contributed by atoms with Crippen molar-refractivity contribution in [2.45, 2.75) is 25.8 Å². The van der Waals surface area contributed by atoms with Gasteiger partial charge in [-0.15, -0.1) is 0 Å². The molecule has 5 heteroatoms. The number of hydrogen-bond acceptors (Lipinski definition) is 3. The minimum Gasteiger partial charge on any atom is -0.336 e. The van der Waals surface area contributed by atoms with Gasteiger partial charge < -0.3 is 9.88 Å². The highest BCUT2D eigenvalue weighted by molar-refractivity contribution is 5.83. The van der Waals surface area contributed by atoms with Crippen LogP contribution < -0.4 is 5.56 Å². The Morgan fingerprint density at radius 2 is 2.10 bits per heavy atom. The third kappa shape index (κ3) is 2.59. The smallest absolute Gasteiger partial charge is 0.254 e. The number of benzene rings is 1. The largest absolute Gasteiger partial charge is 0.336 e. The van der Waals surface area contributed by atoms with Crippen molar-refractivity contribution in [3.05, 3.63) is 63.8 Å². The van der Waals surface area contributed by atoms with E-state index in [-0.39, 0.29) is 17.4 Å². The fourth-order valence-electron chi connectivity index (χ4n) is 2.71. The maximum Gasteiger partial charge on any atom is 0.254 e.